The van der Waals surface area contributed by atoms with Crippen LogP contribution >= 0.6 is 11.6 Å². The molecular weight excluding hydrogens is 200 g/mol. The van der Waals surface area contributed by atoms with Crippen molar-refractivity contribution < 1.29 is 5.11 Å². The van der Waals surface area contributed by atoms with Crippen LogP contribution in [0.2, 0.25) is 5.02 Å². The summed E-state index contributed by atoms with van der Waals surface area (Å²) in [4.78, 5) is 0. The van der Waals surface area contributed by atoms with Crippen molar-refractivity contribution in [1.29, 1.82) is 0 Å². The van der Waals surface area contributed by atoms with Crippen molar-refractivity contribution in [3.63, 3.8) is 0 Å². The van der Waals surface area contributed by atoms with E-state index in [4.69, 9.17) is 22.4 Å². The molecule has 0 heterocycles. The van der Waals surface area contributed by atoms with Gasteiger partial charge in [-0.25, -0.2) is 0 Å². The zero-order valence-electron chi connectivity index (χ0n) is 8.34. The van der Waals surface area contributed by atoms with Crippen LogP contribution in [0.15, 0.2) is 12.1 Å². The second-order valence-electron chi connectivity index (χ2n) is 3.42. The number of nitrogens with two attached hydrogens (primary N) is 1. The maximum Gasteiger partial charge on any atom is 0.0656 e. The van der Waals surface area contributed by atoms with Crippen molar-refractivity contribution in [2.75, 3.05) is 17.7 Å². The molecular formula is C10H15ClN2O. The van der Waals surface area contributed by atoms with Crippen LogP contribution in [-0.2, 0) is 0 Å². The highest BCUT2D eigenvalue weighted by atomic mass is 35.5. The van der Waals surface area contributed by atoms with Crippen LogP contribution in [0.4, 0.5) is 11.4 Å². The molecule has 4 N–H and O–H groups in total. The Hall–Kier alpha value is -0.930. The van der Waals surface area contributed by atoms with Crippen LogP contribution in [-0.4, -0.2) is 17.8 Å². The summed E-state index contributed by atoms with van der Waals surface area (Å²) in [6, 6.07) is 3.60. The largest absolute Gasteiger partial charge is 0.398 e. The minimum absolute atomic E-state index is 0.00777. The maximum atomic E-state index is 8.89. The summed E-state index contributed by atoms with van der Waals surface area (Å²) in [5, 5.41) is 12.6. The van der Waals surface area contributed by atoms with E-state index in [2.05, 4.69) is 5.32 Å². The van der Waals surface area contributed by atoms with Crippen molar-refractivity contribution in [3.8, 4) is 0 Å². The summed E-state index contributed by atoms with van der Waals surface area (Å²) in [7, 11) is 0. The quantitative estimate of drug-likeness (QED) is 0.675. The number of nitrogen functional groups attached to an aromatic ring is 1. The number of hydrogen-bond acceptors (Lipinski definition) is 3. The molecule has 0 saturated carbocycles. The molecule has 4 heteroatoms. The molecule has 0 aromatic heterocycles. The van der Waals surface area contributed by atoms with Gasteiger partial charge in [0, 0.05) is 11.7 Å². The zero-order chi connectivity index (χ0) is 10.7. The van der Waals surface area contributed by atoms with Gasteiger partial charge < -0.3 is 16.2 Å². The summed E-state index contributed by atoms with van der Waals surface area (Å²) in [6.07, 6.45) is 0. The van der Waals surface area contributed by atoms with Crippen LogP contribution in [0.1, 0.15) is 12.5 Å². The standard InChI is InChI=1S/C10H15ClN2O/c1-6-3-9(12)8(11)4-10(6)13-7(2)5-14/h3-4,7,13-14H,5,12H2,1-2H3. The number of nitrogens with one attached hydrogen (secondary N) is 1. The summed E-state index contributed by atoms with van der Waals surface area (Å²) in [6.45, 7) is 3.92. The van der Waals surface area contributed by atoms with Gasteiger partial charge in [0.2, 0.25) is 0 Å². The van der Waals surface area contributed by atoms with Gasteiger partial charge in [-0.05, 0) is 31.5 Å². The first kappa shape index (κ1) is 11.1. The normalized spacial score (nSPS) is 12.6. The lowest BCUT2D eigenvalue weighted by Crippen LogP contribution is -2.19. The number of halogens is 1. The number of hydrogen-bond donors (Lipinski definition) is 3. The highest BCUT2D eigenvalue weighted by molar-refractivity contribution is 6.33. The maximum absolute atomic E-state index is 8.89. The number of benzene rings is 1. The number of aliphatic hydroxyl groups excluding tert-OH is 1. The van der Waals surface area contributed by atoms with Crippen LogP contribution in [0.25, 0.3) is 0 Å². The first-order valence-corrected chi connectivity index (χ1v) is 4.85. The van der Waals surface area contributed by atoms with E-state index in [-0.39, 0.29) is 12.6 Å². The molecule has 0 amide bonds. The highest BCUT2D eigenvalue weighted by Gasteiger charge is 2.05. The van der Waals surface area contributed by atoms with Gasteiger partial charge in [-0.15, -0.1) is 0 Å². The number of rotatable bonds is 3. The molecule has 3 nitrogen and oxygen atoms in total. The average Bonchev–Trinajstić information content (AvgIpc) is 2.14. The fourth-order valence-corrected chi connectivity index (χ4v) is 1.33. The van der Waals surface area contributed by atoms with E-state index in [9.17, 15) is 0 Å². The number of aryl methyl sites for hydroxylation is 1. The molecule has 0 fully saturated rings. The van der Waals surface area contributed by atoms with Crippen LogP contribution in [0.3, 0.4) is 0 Å². The molecule has 1 unspecified atom stereocenters. The van der Waals surface area contributed by atoms with Gasteiger partial charge in [0.05, 0.1) is 17.3 Å². The Morgan fingerprint density at radius 3 is 2.79 bits per heavy atom. The van der Waals surface area contributed by atoms with Gasteiger partial charge in [-0.3, -0.25) is 0 Å². The Bertz CT molecular complexity index is 328. The Morgan fingerprint density at radius 2 is 2.21 bits per heavy atom. The van der Waals surface area contributed by atoms with Crippen LogP contribution in [0.5, 0.6) is 0 Å². The third kappa shape index (κ3) is 2.53. The molecule has 1 aromatic carbocycles. The van der Waals surface area contributed by atoms with Crippen molar-refractivity contribution >= 4 is 23.0 Å². The molecule has 1 rings (SSSR count). The van der Waals surface area contributed by atoms with Crippen molar-refractivity contribution in [3.05, 3.63) is 22.7 Å². The second-order valence-corrected chi connectivity index (χ2v) is 3.82. The predicted octanol–water partition coefficient (Wildman–Crippen LogP) is 2.02. The minimum atomic E-state index is 0.00777. The average molecular weight is 215 g/mol. The molecule has 14 heavy (non-hydrogen) atoms. The fourth-order valence-electron chi connectivity index (χ4n) is 1.17. The Labute approximate surface area is 88.9 Å². The predicted molar refractivity (Wildman–Crippen MR) is 60.8 cm³/mol. The fraction of sp³-hybridized carbons (Fsp3) is 0.400. The van der Waals surface area contributed by atoms with E-state index in [1.54, 1.807) is 6.07 Å². The van der Waals surface area contributed by atoms with Gasteiger partial charge in [0.1, 0.15) is 0 Å². The van der Waals surface area contributed by atoms with Crippen molar-refractivity contribution in [1.82, 2.24) is 0 Å². The molecule has 78 valence electrons. The van der Waals surface area contributed by atoms with Gasteiger partial charge in [0.25, 0.3) is 0 Å². The smallest absolute Gasteiger partial charge is 0.0656 e. The molecule has 0 bridgehead atoms. The molecule has 0 aliphatic carbocycles. The van der Waals surface area contributed by atoms with E-state index >= 15 is 0 Å². The van der Waals surface area contributed by atoms with Crippen molar-refractivity contribution in [2.24, 2.45) is 0 Å². The third-order valence-corrected chi connectivity index (χ3v) is 2.35. The first-order valence-electron chi connectivity index (χ1n) is 4.47. The number of aliphatic hydroxyl groups is 1. The number of anilines is 2. The Morgan fingerprint density at radius 1 is 1.57 bits per heavy atom. The zero-order valence-corrected chi connectivity index (χ0v) is 9.10. The molecule has 0 spiro atoms. The van der Waals surface area contributed by atoms with Crippen LogP contribution < -0.4 is 11.1 Å². The Kier molecular flexibility index (Phi) is 3.61. The molecule has 0 saturated heterocycles. The van der Waals surface area contributed by atoms with E-state index in [1.165, 1.54) is 0 Å². The molecule has 0 aliphatic rings. The molecule has 1 atom stereocenters. The van der Waals surface area contributed by atoms with Crippen molar-refractivity contribution in [2.45, 2.75) is 19.9 Å². The first-order chi connectivity index (χ1) is 6.54. The third-order valence-electron chi connectivity index (χ3n) is 2.02. The lowest BCUT2D eigenvalue weighted by Gasteiger charge is -2.15. The summed E-state index contributed by atoms with van der Waals surface area (Å²) >= 11 is 5.88. The topological polar surface area (TPSA) is 58.3 Å². The second kappa shape index (κ2) is 4.53. The monoisotopic (exact) mass is 214 g/mol. The molecule has 0 aliphatic heterocycles. The minimum Gasteiger partial charge on any atom is -0.398 e. The summed E-state index contributed by atoms with van der Waals surface area (Å²) in [5.41, 5.74) is 8.15. The highest BCUT2D eigenvalue weighted by Crippen LogP contribution is 2.26. The van der Waals surface area contributed by atoms with E-state index in [0.717, 1.165) is 11.3 Å². The van der Waals surface area contributed by atoms with Gasteiger partial charge >= 0.3 is 0 Å². The summed E-state index contributed by atoms with van der Waals surface area (Å²) < 4.78 is 0. The van der Waals surface area contributed by atoms with E-state index in [1.807, 2.05) is 19.9 Å². The lowest BCUT2D eigenvalue weighted by atomic mass is 10.1. The SMILES string of the molecule is Cc1cc(N)c(Cl)cc1NC(C)CO. The van der Waals surface area contributed by atoms with Gasteiger partial charge in [0.15, 0.2) is 0 Å². The lowest BCUT2D eigenvalue weighted by molar-refractivity contribution is 0.281. The molecule has 1 aromatic rings. The van der Waals surface area contributed by atoms with Gasteiger partial charge in [-0.1, -0.05) is 11.6 Å². The van der Waals surface area contributed by atoms with Gasteiger partial charge in [-0.2, -0.15) is 0 Å². The molecule has 0 radical (unpaired) electrons. The summed E-state index contributed by atoms with van der Waals surface area (Å²) in [5.74, 6) is 0. The Balaban J connectivity index is 2.92. The van der Waals surface area contributed by atoms with Crippen LogP contribution in [0, 0.1) is 6.92 Å². The van der Waals surface area contributed by atoms with E-state index < -0.39 is 0 Å². The van der Waals surface area contributed by atoms with E-state index in [0.29, 0.717) is 10.7 Å².